The first-order chi connectivity index (χ1) is 11.6. The predicted octanol–water partition coefficient (Wildman–Crippen LogP) is 2.46. The lowest BCUT2D eigenvalue weighted by Gasteiger charge is -2.28. The number of nitrogens with one attached hydrogen (secondary N) is 1. The first-order valence-electron chi connectivity index (χ1n) is 8.26. The maximum Gasteiger partial charge on any atom is 0.259 e. The second-order valence-electron chi connectivity index (χ2n) is 6.74. The molecule has 1 aromatic carbocycles. The van der Waals surface area contributed by atoms with E-state index in [1.165, 1.54) is 6.07 Å². The van der Waals surface area contributed by atoms with E-state index in [-0.39, 0.29) is 17.8 Å². The van der Waals surface area contributed by atoms with E-state index in [4.69, 9.17) is 4.52 Å². The Morgan fingerprint density at radius 2 is 2.21 bits per heavy atom. The average Bonchev–Trinajstić information content (AvgIpc) is 3.21. The molecule has 2 aliphatic heterocycles. The van der Waals surface area contributed by atoms with Crippen LogP contribution in [0.3, 0.4) is 0 Å². The normalized spacial score (nSPS) is 26.0. The van der Waals surface area contributed by atoms with Gasteiger partial charge < -0.3 is 14.7 Å². The Labute approximate surface area is 139 Å². The summed E-state index contributed by atoms with van der Waals surface area (Å²) in [7, 11) is 0. The number of fused-ring (bicyclic) bond motifs is 1. The summed E-state index contributed by atoms with van der Waals surface area (Å²) in [5.41, 5.74) is 1.99. The molecule has 2 aliphatic rings. The zero-order valence-electron chi connectivity index (χ0n) is 13.8. The second kappa shape index (κ2) is 5.70. The van der Waals surface area contributed by atoms with Gasteiger partial charge in [-0.2, -0.15) is 0 Å². The third-order valence-corrected chi connectivity index (χ3v) is 5.26. The predicted molar refractivity (Wildman–Crippen MR) is 86.0 cm³/mol. The molecule has 24 heavy (non-hydrogen) atoms. The first-order valence-corrected chi connectivity index (χ1v) is 8.26. The molecule has 1 N–H and O–H groups in total. The monoisotopic (exact) mass is 329 g/mol. The quantitative estimate of drug-likeness (QED) is 0.919. The number of hydrogen-bond donors (Lipinski definition) is 1. The number of rotatable bonds is 2. The van der Waals surface area contributed by atoms with Gasteiger partial charge >= 0.3 is 0 Å². The summed E-state index contributed by atoms with van der Waals surface area (Å²) in [6.45, 7) is 5.93. The average molecular weight is 329 g/mol. The molecule has 1 aromatic heterocycles. The SMILES string of the molecule is Cc1noc(C)c1C(=O)N1C[C@@H]2CNC[C@@H]2[C@@H]1c1cccc(F)c1. The Morgan fingerprint density at radius 1 is 1.38 bits per heavy atom. The Bertz CT molecular complexity index is 769. The summed E-state index contributed by atoms with van der Waals surface area (Å²) in [5.74, 6) is 0.881. The molecule has 2 aromatic rings. The summed E-state index contributed by atoms with van der Waals surface area (Å²) in [5, 5.41) is 7.29. The van der Waals surface area contributed by atoms with Crippen molar-refractivity contribution in [3.63, 3.8) is 0 Å². The second-order valence-corrected chi connectivity index (χ2v) is 6.74. The van der Waals surface area contributed by atoms with Crippen molar-refractivity contribution in [2.75, 3.05) is 19.6 Å². The van der Waals surface area contributed by atoms with Crippen LogP contribution in [0.15, 0.2) is 28.8 Å². The Morgan fingerprint density at radius 3 is 2.92 bits per heavy atom. The van der Waals surface area contributed by atoms with E-state index in [9.17, 15) is 9.18 Å². The highest BCUT2D eigenvalue weighted by molar-refractivity contribution is 5.96. The van der Waals surface area contributed by atoms with Gasteiger partial charge in [-0.1, -0.05) is 17.3 Å². The molecule has 0 bridgehead atoms. The topological polar surface area (TPSA) is 58.4 Å². The molecule has 4 rings (SSSR count). The molecule has 5 nitrogen and oxygen atoms in total. The number of nitrogens with zero attached hydrogens (tertiary/aromatic N) is 2. The molecule has 2 fully saturated rings. The van der Waals surface area contributed by atoms with Crippen molar-refractivity contribution in [2.45, 2.75) is 19.9 Å². The van der Waals surface area contributed by atoms with Crippen molar-refractivity contribution in [2.24, 2.45) is 11.8 Å². The van der Waals surface area contributed by atoms with Gasteiger partial charge in [0, 0.05) is 25.6 Å². The number of aryl methyl sites for hydroxylation is 2. The van der Waals surface area contributed by atoms with Gasteiger partial charge in [0.2, 0.25) is 0 Å². The molecular weight excluding hydrogens is 309 g/mol. The molecule has 0 saturated carbocycles. The molecular formula is C18H20FN3O2. The van der Waals surface area contributed by atoms with E-state index in [0.29, 0.717) is 35.4 Å². The summed E-state index contributed by atoms with van der Waals surface area (Å²) in [6.07, 6.45) is 0. The van der Waals surface area contributed by atoms with Crippen molar-refractivity contribution in [3.05, 3.63) is 52.7 Å². The van der Waals surface area contributed by atoms with Gasteiger partial charge in [-0.25, -0.2) is 4.39 Å². The molecule has 1 amide bonds. The van der Waals surface area contributed by atoms with Gasteiger partial charge in [-0.15, -0.1) is 0 Å². The van der Waals surface area contributed by atoms with Crippen LogP contribution in [-0.4, -0.2) is 35.6 Å². The summed E-state index contributed by atoms with van der Waals surface area (Å²) >= 11 is 0. The van der Waals surface area contributed by atoms with Crippen molar-refractivity contribution in [1.82, 2.24) is 15.4 Å². The fourth-order valence-electron chi connectivity index (χ4n) is 4.18. The molecule has 6 heteroatoms. The fourth-order valence-corrected chi connectivity index (χ4v) is 4.18. The molecule has 0 spiro atoms. The van der Waals surface area contributed by atoms with Crippen LogP contribution < -0.4 is 5.32 Å². The van der Waals surface area contributed by atoms with Crippen LogP contribution in [0, 0.1) is 31.5 Å². The lowest BCUT2D eigenvalue weighted by Crippen LogP contribution is -2.35. The summed E-state index contributed by atoms with van der Waals surface area (Å²) in [4.78, 5) is 15.0. The number of carbonyl (C=O) groups excluding carboxylic acids is 1. The smallest absolute Gasteiger partial charge is 0.259 e. The third-order valence-electron chi connectivity index (χ3n) is 5.26. The molecule has 0 aliphatic carbocycles. The summed E-state index contributed by atoms with van der Waals surface area (Å²) in [6, 6.07) is 6.46. The Kier molecular flexibility index (Phi) is 3.64. The molecule has 0 radical (unpaired) electrons. The van der Waals surface area contributed by atoms with Gasteiger partial charge in [-0.05, 0) is 37.5 Å². The van der Waals surface area contributed by atoms with Crippen molar-refractivity contribution < 1.29 is 13.7 Å². The van der Waals surface area contributed by atoms with E-state index >= 15 is 0 Å². The minimum atomic E-state index is -0.272. The summed E-state index contributed by atoms with van der Waals surface area (Å²) < 4.78 is 18.9. The largest absolute Gasteiger partial charge is 0.361 e. The number of aromatic nitrogens is 1. The van der Waals surface area contributed by atoms with Crippen LogP contribution in [-0.2, 0) is 0 Å². The van der Waals surface area contributed by atoms with E-state index in [0.717, 1.165) is 18.7 Å². The minimum absolute atomic E-state index is 0.0742. The van der Waals surface area contributed by atoms with E-state index in [1.54, 1.807) is 26.0 Å². The highest BCUT2D eigenvalue weighted by atomic mass is 19.1. The number of carbonyl (C=O) groups is 1. The zero-order valence-corrected chi connectivity index (χ0v) is 13.8. The highest BCUT2D eigenvalue weighted by Crippen LogP contribution is 2.43. The Balaban J connectivity index is 1.74. The molecule has 2 saturated heterocycles. The molecule has 3 heterocycles. The number of hydrogen-bond acceptors (Lipinski definition) is 4. The van der Waals surface area contributed by atoms with Crippen LogP contribution in [0.1, 0.15) is 33.4 Å². The van der Waals surface area contributed by atoms with Crippen LogP contribution in [0.4, 0.5) is 4.39 Å². The lowest BCUT2D eigenvalue weighted by atomic mass is 9.89. The van der Waals surface area contributed by atoms with E-state index < -0.39 is 0 Å². The first kappa shape index (κ1) is 15.3. The number of halogens is 1. The van der Waals surface area contributed by atoms with Crippen LogP contribution in [0.2, 0.25) is 0 Å². The molecule has 126 valence electrons. The maximum absolute atomic E-state index is 13.8. The van der Waals surface area contributed by atoms with Crippen LogP contribution in [0.5, 0.6) is 0 Å². The lowest BCUT2D eigenvalue weighted by molar-refractivity contribution is 0.0711. The van der Waals surface area contributed by atoms with Gasteiger partial charge in [0.1, 0.15) is 17.1 Å². The standard InChI is InChI=1S/C18H20FN3O2/c1-10-16(11(2)24-21-10)18(23)22-9-13-7-20-8-15(13)17(22)12-4-3-5-14(19)6-12/h3-6,13,15,17,20H,7-9H2,1-2H3/t13-,15-,17-/m0/s1. The van der Waals surface area contributed by atoms with Crippen molar-refractivity contribution >= 4 is 5.91 Å². The van der Waals surface area contributed by atoms with Crippen molar-refractivity contribution in [3.8, 4) is 0 Å². The Hall–Kier alpha value is -2.21. The van der Waals surface area contributed by atoms with Crippen molar-refractivity contribution in [1.29, 1.82) is 0 Å². The van der Waals surface area contributed by atoms with E-state index in [2.05, 4.69) is 10.5 Å². The number of benzene rings is 1. The van der Waals surface area contributed by atoms with E-state index in [1.807, 2.05) is 11.0 Å². The van der Waals surface area contributed by atoms with Crippen LogP contribution in [0.25, 0.3) is 0 Å². The molecule has 0 unspecified atom stereocenters. The third kappa shape index (κ3) is 2.33. The van der Waals surface area contributed by atoms with Gasteiger partial charge in [0.05, 0.1) is 11.7 Å². The number of likely N-dealkylation sites (tertiary alicyclic amines) is 1. The number of amides is 1. The highest BCUT2D eigenvalue weighted by Gasteiger charge is 2.47. The molecule has 3 atom stereocenters. The maximum atomic E-state index is 13.8. The van der Waals surface area contributed by atoms with Crippen LogP contribution >= 0.6 is 0 Å². The zero-order chi connectivity index (χ0) is 16.8. The van der Waals surface area contributed by atoms with Gasteiger partial charge in [0.25, 0.3) is 5.91 Å². The fraction of sp³-hybridized carbons (Fsp3) is 0.444. The minimum Gasteiger partial charge on any atom is -0.361 e. The van der Waals surface area contributed by atoms with Gasteiger partial charge in [0.15, 0.2) is 0 Å². The van der Waals surface area contributed by atoms with Gasteiger partial charge in [-0.3, -0.25) is 4.79 Å².